The summed E-state index contributed by atoms with van der Waals surface area (Å²) in [5.41, 5.74) is 0.477. The van der Waals surface area contributed by atoms with E-state index >= 15 is 0 Å². The fourth-order valence-electron chi connectivity index (χ4n) is 3.04. The van der Waals surface area contributed by atoms with Crippen molar-refractivity contribution in [3.05, 3.63) is 0 Å². The third-order valence-electron chi connectivity index (χ3n) is 4.60. The quantitative estimate of drug-likeness (QED) is 0.796. The Morgan fingerprint density at radius 3 is 2.28 bits per heavy atom. The number of nitrogens with zero attached hydrogens (tertiary/aromatic N) is 1. The topological polar surface area (TPSA) is 35.8 Å². The van der Waals surface area contributed by atoms with Crippen LogP contribution < -0.4 is 5.32 Å². The molecule has 0 aliphatic heterocycles. The van der Waals surface area contributed by atoms with E-state index in [1.807, 2.05) is 0 Å². The fourth-order valence-corrected chi connectivity index (χ4v) is 3.04. The summed E-state index contributed by atoms with van der Waals surface area (Å²) in [6, 6.07) is 2.67. The highest BCUT2D eigenvalue weighted by atomic mass is 14.9. The summed E-state index contributed by atoms with van der Waals surface area (Å²) in [7, 11) is 0. The van der Waals surface area contributed by atoms with Gasteiger partial charge in [-0.1, -0.05) is 27.7 Å². The summed E-state index contributed by atoms with van der Waals surface area (Å²) in [5.74, 6) is 1.73. The summed E-state index contributed by atoms with van der Waals surface area (Å²) >= 11 is 0. The van der Waals surface area contributed by atoms with Crippen LogP contribution in [0.1, 0.15) is 66.2 Å². The van der Waals surface area contributed by atoms with E-state index in [1.165, 1.54) is 25.7 Å². The van der Waals surface area contributed by atoms with Crippen molar-refractivity contribution in [3.8, 4) is 6.07 Å². The lowest BCUT2D eigenvalue weighted by molar-refractivity contribution is 0.147. The zero-order chi connectivity index (χ0) is 13.6. The van der Waals surface area contributed by atoms with Gasteiger partial charge in [0.15, 0.2) is 0 Å². The van der Waals surface area contributed by atoms with Crippen LogP contribution >= 0.6 is 0 Å². The molecular weight excluding hydrogens is 220 g/mol. The smallest absolute Gasteiger partial charge is 0.0638 e. The van der Waals surface area contributed by atoms with Gasteiger partial charge in [0.2, 0.25) is 0 Å². The normalized spacial score (nSPS) is 26.6. The standard InChI is InChI=1S/C16H30N2/c1-5-15(10-11-17)18-12-13-6-8-14(9-7-13)16(2,3)4/h13-15,18H,5-10,12H2,1-4H3. The number of hydrogen-bond donors (Lipinski definition) is 1. The minimum absolute atomic E-state index is 0.398. The van der Waals surface area contributed by atoms with Crippen LogP contribution in [0.4, 0.5) is 0 Å². The van der Waals surface area contributed by atoms with E-state index in [9.17, 15) is 0 Å². The van der Waals surface area contributed by atoms with Crippen LogP contribution in [0.15, 0.2) is 0 Å². The summed E-state index contributed by atoms with van der Waals surface area (Å²) < 4.78 is 0. The zero-order valence-corrected chi connectivity index (χ0v) is 12.6. The zero-order valence-electron chi connectivity index (χ0n) is 12.6. The van der Waals surface area contributed by atoms with E-state index in [0.29, 0.717) is 17.9 Å². The van der Waals surface area contributed by atoms with Gasteiger partial charge in [0.05, 0.1) is 12.5 Å². The molecular formula is C16H30N2. The summed E-state index contributed by atoms with van der Waals surface area (Å²) in [6.07, 6.45) is 7.18. The molecule has 0 radical (unpaired) electrons. The highest BCUT2D eigenvalue weighted by Crippen LogP contribution is 2.39. The Morgan fingerprint density at radius 1 is 1.22 bits per heavy atom. The predicted molar refractivity (Wildman–Crippen MR) is 77.2 cm³/mol. The first-order valence-corrected chi connectivity index (χ1v) is 7.57. The summed E-state index contributed by atoms with van der Waals surface area (Å²) in [6.45, 7) is 10.4. The third kappa shape index (κ3) is 4.98. The number of nitrogens with one attached hydrogen (secondary N) is 1. The van der Waals surface area contributed by atoms with Gasteiger partial charge in [0, 0.05) is 6.04 Å². The van der Waals surface area contributed by atoms with Crippen LogP contribution in [0.5, 0.6) is 0 Å². The van der Waals surface area contributed by atoms with Gasteiger partial charge in [-0.05, 0) is 55.9 Å². The summed E-state index contributed by atoms with van der Waals surface area (Å²) in [4.78, 5) is 0. The third-order valence-corrected chi connectivity index (χ3v) is 4.60. The van der Waals surface area contributed by atoms with Crippen LogP contribution in [0, 0.1) is 28.6 Å². The number of rotatable bonds is 5. The molecule has 2 nitrogen and oxygen atoms in total. The maximum absolute atomic E-state index is 8.74. The fraction of sp³-hybridized carbons (Fsp3) is 0.938. The van der Waals surface area contributed by atoms with Gasteiger partial charge in [-0.15, -0.1) is 0 Å². The maximum Gasteiger partial charge on any atom is 0.0638 e. The predicted octanol–water partition coefficient (Wildman–Crippen LogP) is 4.12. The van der Waals surface area contributed by atoms with E-state index in [2.05, 4.69) is 39.1 Å². The second kappa shape index (κ2) is 7.14. The minimum atomic E-state index is 0.398. The summed E-state index contributed by atoms with van der Waals surface area (Å²) in [5, 5.41) is 12.3. The van der Waals surface area contributed by atoms with Gasteiger partial charge >= 0.3 is 0 Å². The number of nitriles is 1. The highest BCUT2D eigenvalue weighted by Gasteiger charge is 2.29. The van der Waals surface area contributed by atoms with Gasteiger partial charge in [-0.2, -0.15) is 5.26 Å². The first-order valence-electron chi connectivity index (χ1n) is 7.57. The van der Waals surface area contributed by atoms with Crippen LogP contribution in [-0.2, 0) is 0 Å². The van der Waals surface area contributed by atoms with Gasteiger partial charge in [-0.25, -0.2) is 0 Å². The van der Waals surface area contributed by atoms with Crippen LogP contribution in [-0.4, -0.2) is 12.6 Å². The molecule has 2 heteroatoms. The molecule has 1 aliphatic carbocycles. The van der Waals surface area contributed by atoms with Crippen molar-refractivity contribution in [2.75, 3.05) is 6.54 Å². The lowest BCUT2D eigenvalue weighted by Crippen LogP contribution is -2.35. The van der Waals surface area contributed by atoms with Gasteiger partial charge in [0.25, 0.3) is 0 Å². The molecule has 0 bridgehead atoms. The van der Waals surface area contributed by atoms with E-state index in [4.69, 9.17) is 5.26 Å². The van der Waals surface area contributed by atoms with Crippen molar-refractivity contribution in [2.45, 2.75) is 72.3 Å². The molecule has 1 saturated carbocycles. The van der Waals surface area contributed by atoms with Crippen molar-refractivity contribution in [3.63, 3.8) is 0 Å². The largest absolute Gasteiger partial charge is 0.313 e. The second-order valence-electron chi connectivity index (χ2n) is 6.96. The Morgan fingerprint density at radius 2 is 1.83 bits per heavy atom. The van der Waals surface area contributed by atoms with Crippen molar-refractivity contribution >= 4 is 0 Å². The number of hydrogen-bond acceptors (Lipinski definition) is 2. The monoisotopic (exact) mass is 250 g/mol. The maximum atomic E-state index is 8.74. The second-order valence-corrected chi connectivity index (χ2v) is 6.96. The Balaban J connectivity index is 2.26. The molecule has 0 spiro atoms. The van der Waals surface area contributed by atoms with Gasteiger partial charge in [-0.3, -0.25) is 0 Å². The molecule has 0 aromatic heterocycles. The van der Waals surface area contributed by atoms with E-state index in [0.717, 1.165) is 24.8 Å². The molecule has 1 N–H and O–H groups in total. The molecule has 1 unspecified atom stereocenters. The van der Waals surface area contributed by atoms with Gasteiger partial charge < -0.3 is 5.32 Å². The molecule has 0 amide bonds. The SMILES string of the molecule is CCC(CC#N)NCC1CCC(C(C)(C)C)CC1. The average Bonchev–Trinajstić information content (AvgIpc) is 2.34. The lowest BCUT2D eigenvalue weighted by Gasteiger charge is -2.37. The first kappa shape index (κ1) is 15.5. The van der Waals surface area contributed by atoms with Crippen LogP contribution in [0.3, 0.4) is 0 Å². The lowest BCUT2D eigenvalue weighted by atomic mass is 9.70. The first-order chi connectivity index (χ1) is 8.47. The molecule has 1 aliphatic rings. The van der Waals surface area contributed by atoms with E-state index < -0.39 is 0 Å². The van der Waals surface area contributed by atoms with Crippen LogP contribution in [0.25, 0.3) is 0 Å². The molecule has 1 rings (SSSR count). The van der Waals surface area contributed by atoms with Crippen LogP contribution in [0.2, 0.25) is 0 Å². The van der Waals surface area contributed by atoms with Crippen molar-refractivity contribution in [1.82, 2.24) is 5.32 Å². The van der Waals surface area contributed by atoms with Crippen molar-refractivity contribution in [2.24, 2.45) is 17.3 Å². The van der Waals surface area contributed by atoms with Gasteiger partial charge in [0.1, 0.15) is 0 Å². The average molecular weight is 250 g/mol. The molecule has 0 aromatic carbocycles. The molecule has 0 heterocycles. The molecule has 18 heavy (non-hydrogen) atoms. The molecule has 0 aromatic rings. The minimum Gasteiger partial charge on any atom is -0.313 e. The van der Waals surface area contributed by atoms with Crippen molar-refractivity contribution in [1.29, 1.82) is 5.26 Å². The Hall–Kier alpha value is -0.550. The Labute approximate surface area is 113 Å². The van der Waals surface area contributed by atoms with E-state index in [-0.39, 0.29) is 0 Å². The Bertz CT molecular complexity index is 264. The van der Waals surface area contributed by atoms with Crippen molar-refractivity contribution < 1.29 is 0 Å². The molecule has 1 fully saturated rings. The Kier molecular flexibility index (Phi) is 6.15. The molecule has 0 saturated heterocycles. The highest BCUT2D eigenvalue weighted by molar-refractivity contribution is 4.84. The molecule has 104 valence electrons. The molecule has 1 atom stereocenters. The van der Waals surface area contributed by atoms with E-state index in [1.54, 1.807) is 0 Å².